The number of rotatable bonds is 4. The zero-order chi connectivity index (χ0) is 14.7. The molecule has 0 amide bonds. The molecule has 4 nitrogen and oxygen atoms in total. The molecule has 0 saturated heterocycles. The molecular weight excluding hydrogens is 389 g/mol. The molecule has 20 heavy (non-hydrogen) atoms. The first-order valence-corrected chi connectivity index (χ1v) is 7.68. The van der Waals surface area contributed by atoms with E-state index in [2.05, 4.69) is 39.5 Å². The van der Waals surface area contributed by atoms with E-state index in [0.29, 0.717) is 22.4 Å². The molecule has 0 fully saturated rings. The summed E-state index contributed by atoms with van der Waals surface area (Å²) in [5, 5.41) is 0.609. The maximum absolute atomic E-state index is 5.99. The molecule has 2 rings (SSSR count). The van der Waals surface area contributed by atoms with Gasteiger partial charge in [0.15, 0.2) is 5.82 Å². The van der Waals surface area contributed by atoms with Crippen molar-refractivity contribution in [3.63, 3.8) is 0 Å². The van der Waals surface area contributed by atoms with Crippen molar-refractivity contribution in [2.45, 2.75) is 19.8 Å². The van der Waals surface area contributed by atoms with Crippen LogP contribution < -0.4 is 10.5 Å². The molecule has 106 valence electrons. The van der Waals surface area contributed by atoms with Gasteiger partial charge in [-0.15, -0.1) is 0 Å². The highest BCUT2D eigenvalue weighted by atomic mass is 127. The third-order valence-electron chi connectivity index (χ3n) is 2.84. The highest BCUT2D eigenvalue weighted by Gasteiger charge is 2.14. The van der Waals surface area contributed by atoms with E-state index in [4.69, 9.17) is 22.1 Å². The predicted octanol–water partition coefficient (Wildman–Crippen LogP) is 3.94. The number of methoxy groups -OCH3 is 1. The number of aryl methyl sites for hydroxylation is 1. The lowest BCUT2D eigenvalue weighted by molar-refractivity contribution is 0.416. The first-order valence-electron chi connectivity index (χ1n) is 6.22. The second kappa shape index (κ2) is 6.58. The number of aromatic nitrogens is 2. The van der Waals surface area contributed by atoms with Crippen LogP contribution in [0.25, 0.3) is 11.4 Å². The number of nitrogen functional groups attached to an aromatic ring is 1. The molecule has 1 heterocycles. The molecule has 1 aromatic carbocycles. The molecule has 0 aliphatic heterocycles. The van der Waals surface area contributed by atoms with Crippen LogP contribution in [-0.4, -0.2) is 17.1 Å². The quantitative estimate of drug-likeness (QED) is 0.785. The van der Waals surface area contributed by atoms with Crippen LogP contribution in [0.3, 0.4) is 0 Å². The molecule has 6 heteroatoms. The average Bonchev–Trinajstić information content (AvgIpc) is 2.43. The van der Waals surface area contributed by atoms with Crippen molar-refractivity contribution in [3.05, 3.63) is 32.5 Å². The Balaban J connectivity index is 2.58. The van der Waals surface area contributed by atoms with Gasteiger partial charge in [-0.05, 0) is 47.2 Å². The van der Waals surface area contributed by atoms with Gasteiger partial charge >= 0.3 is 0 Å². The second-order valence-corrected chi connectivity index (χ2v) is 5.80. The SMILES string of the molecule is CCCc1nc(-c2ccc(Cl)cc2OC)nc(N)c1I. The van der Waals surface area contributed by atoms with Crippen molar-refractivity contribution in [2.75, 3.05) is 12.8 Å². The zero-order valence-corrected chi connectivity index (χ0v) is 14.2. The van der Waals surface area contributed by atoms with E-state index in [1.54, 1.807) is 19.2 Å². The first kappa shape index (κ1) is 15.3. The molecule has 2 aromatic rings. The third-order valence-corrected chi connectivity index (χ3v) is 4.25. The molecule has 0 aliphatic carbocycles. The molecule has 0 saturated carbocycles. The van der Waals surface area contributed by atoms with Crippen LogP contribution in [-0.2, 0) is 6.42 Å². The third kappa shape index (κ3) is 3.15. The molecule has 0 spiro atoms. The van der Waals surface area contributed by atoms with E-state index in [1.165, 1.54) is 0 Å². The maximum Gasteiger partial charge on any atom is 0.165 e. The monoisotopic (exact) mass is 403 g/mol. The Bertz CT molecular complexity index is 634. The van der Waals surface area contributed by atoms with E-state index in [1.807, 2.05) is 6.07 Å². The van der Waals surface area contributed by atoms with Gasteiger partial charge in [-0.1, -0.05) is 24.9 Å². The van der Waals surface area contributed by atoms with Crippen LogP contribution in [0, 0.1) is 3.57 Å². The molecule has 0 radical (unpaired) electrons. The molecule has 2 N–H and O–H groups in total. The highest BCUT2D eigenvalue weighted by Crippen LogP contribution is 2.32. The fraction of sp³-hybridized carbons (Fsp3) is 0.286. The molecule has 0 atom stereocenters. The Hall–Kier alpha value is -1.08. The number of ether oxygens (including phenoxy) is 1. The summed E-state index contributed by atoms with van der Waals surface area (Å²) in [7, 11) is 1.60. The van der Waals surface area contributed by atoms with Crippen molar-refractivity contribution >= 4 is 40.0 Å². The van der Waals surface area contributed by atoms with Gasteiger partial charge in [0.1, 0.15) is 11.6 Å². The van der Waals surface area contributed by atoms with E-state index < -0.39 is 0 Å². The molecule has 0 unspecified atom stereocenters. The lowest BCUT2D eigenvalue weighted by Crippen LogP contribution is -2.05. The van der Waals surface area contributed by atoms with Crippen LogP contribution >= 0.6 is 34.2 Å². The summed E-state index contributed by atoms with van der Waals surface area (Å²) in [6.45, 7) is 2.11. The van der Waals surface area contributed by atoms with E-state index >= 15 is 0 Å². The largest absolute Gasteiger partial charge is 0.496 e. The van der Waals surface area contributed by atoms with Crippen molar-refractivity contribution in [3.8, 4) is 17.1 Å². The number of nitrogens with zero attached hydrogens (tertiary/aromatic N) is 2. The fourth-order valence-corrected chi connectivity index (χ4v) is 2.56. The molecular formula is C14H15ClIN3O. The summed E-state index contributed by atoms with van der Waals surface area (Å²) in [4.78, 5) is 8.97. The Morgan fingerprint density at radius 3 is 2.75 bits per heavy atom. The number of halogens is 2. The number of nitrogens with two attached hydrogens (primary N) is 1. The summed E-state index contributed by atoms with van der Waals surface area (Å²) in [6.07, 6.45) is 1.87. The Labute approximate surface area is 136 Å². The summed E-state index contributed by atoms with van der Waals surface area (Å²) in [5.74, 6) is 1.71. The van der Waals surface area contributed by atoms with Crippen LogP contribution in [0.2, 0.25) is 5.02 Å². The van der Waals surface area contributed by atoms with Gasteiger partial charge in [0.05, 0.1) is 21.9 Å². The Morgan fingerprint density at radius 1 is 1.35 bits per heavy atom. The second-order valence-electron chi connectivity index (χ2n) is 4.29. The Morgan fingerprint density at radius 2 is 2.10 bits per heavy atom. The van der Waals surface area contributed by atoms with Gasteiger partial charge in [-0.25, -0.2) is 9.97 Å². The van der Waals surface area contributed by atoms with E-state index in [9.17, 15) is 0 Å². The molecule has 0 bridgehead atoms. The van der Waals surface area contributed by atoms with Crippen molar-refractivity contribution in [1.29, 1.82) is 0 Å². The minimum atomic E-state index is 0.496. The van der Waals surface area contributed by atoms with Gasteiger partial charge in [0, 0.05) is 5.02 Å². The number of anilines is 1. The molecule has 0 aliphatic rings. The number of benzene rings is 1. The first-order chi connectivity index (χ1) is 9.56. The number of hydrogen-bond donors (Lipinski definition) is 1. The van der Waals surface area contributed by atoms with Gasteiger partial charge in [0.2, 0.25) is 0 Å². The summed E-state index contributed by atoms with van der Waals surface area (Å²) < 4.78 is 6.26. The minimum absolute atomic E-state index is 0.496. The van der Waals surface area contributed by atoms with Gasteiger partial charge < -0.3 is 10.5 Å². The lowest BCUT2D eigenvalue weighted by atomic mass is 10.1. The van der Waals surface area contributed by atoms with Gasteiger partial charge in [-0.2, -0.15) is 0 Å². The van der Waals surface area contributed by atoms with Crippen LogP contribution in [0.5, 0.6) is 5.75 Å². The Kier molecular flexibility index (Phi) is 5.04. The molecule has 1 aromatic heterocycles. The van der Waals surface area contributed by atoms with Gasteiger partial charge in [0.25, 0.3) is 0 Å². The standard InChI is InChI=1S/C14H15ClIN3O/c1-3-4-10-12(16)13(17)19-14(18-10)9-6-5-8(15)7-11(9)20-2/h5-7H,3-4H2,1-2H3,(H2,17,18,19). The topological polar surface area (TPSA) is 61.0 Å². The minimum Gasteiger partial charge on any atom is -0.496 e. The summed E-state index contributed by atoms with van der Waals surface area (Å²) in [6, 6.07) is 5.38. The van der Waals surface area contributed by atoms with Crippen molar-refractivity contribution in [1.82, 2.24) is 9.97 Å². The van der Waals surface area contributed by atoms with E-state index in [0.717, 1.165) is 27.7 Å². The summed E-state index contributed by atoms with van der Waals surface area (Å²) >= 11 is 8.16. The van der Waals surface area contributed by atoms with Crippen molar-refractivity contribution < 1.29 is 4.74 Å². The smallest absolute Gasteiger partial charge is 0.165 e. The zero-order valence-electron chi connectivity index (χ0n) is 11.3. The highest BCUT2D eigenvalue weighted by molar-refractivity contribution is 14.1. The predicted molar refractivity (Wildman–Crippen MR) is 90.2 cm³/mol. The van der Waals surface area contributed by atoms with E-state index in [-0.39, 0.29) is 0 Å². The number of hydrogen-bond acceptors (Lipinski definition) is 4. The van der Waals surface area contributed by atoms with Crippen molar-refractivity contribution in [2.24, 2.45) is 0 Å². The van der Waals surface area contributed by atoms with Crippen LogP contribution in [0.15, 0.2) is 18.2 Å². The normalized spacial score (nSPS) is 10.6. The lowest BCUT2D eigenvalue weighted by Gasteiger charge is -2.11. The fourth-order valence-electron chi connectivity index (χ4n) is 1.89. The maximum atomic E-state index is 5.99. The summed E-state index contributed by atoms with van der Waals surface area (Å²) in [5.41, 5.74) is 7.74. The van der Waals surface area contributed by atoms with Crippen LogP contribution in [0.1, 0.15) is 19.0 Å². The van der Waals surface area contributed by atoms with Gasteiger partial charge in [-0.3, -0.25) is 0 Å². The average molecular weight is 404 g/mol. The van der Waals surface area contributed by atoms with Crippen LogP contribution in [0.4, 0.5) is 5.82 Å².